The number of hydrogen-bond acceptors (Lipinski definition) is 3. The Morgan fingerprint density at radius 2 is 2.13 bits per heavy atom. The smallest absolute Gasteiger partial charge is 0.225 e. The molecule has 1 heterocycles. The van der Waals surface area contributed by atoms with Crippen LogP contribution in [0.25, 0.3) is 0 Å². The van der Waals surface area contributed by atoms with E-state index in [1.165, 1.54) is 17.7 Å². The van der Waals surface area contributed by atoms with Crippen LogP contribution in [0.1, 0.15) is 24.6 Å². The van der Waals surface area contributed by atoms with Crippen molar-refractivity contribution in [1.82, 2.24) is 9.88 Å². The molecule has 0 bridgehead atoms. The predicted molar refractivity (Wildman–Crippen MR) is 89.6 cm³/mol. The van der Waals surface area contributed by atoms with E-state index in [-0.39, 0.29) is 11.7 Å². The molecule has 0 saturated heterocycles. The topological polar surface area (TPSA) is 45.2 Å². The number of aryl methyl sites for hydroxylation is 1. The van der Waals surface area contributed by atoms with Crippen molar-refractivity contribution in [3.05, 3.63) is 59.7 Å². The van der Waals surface area contributed by atoms with Crippen molar-refractivity contribution in [3.63, 3.8) is 0 Å². The highest BCUT2D eigenvalue weighted by Crippen LogP contribution is 2.10. The second-order valence-electron chi connectivity index (χ2n) is 5.56. The molecule has 0 aliphatic carbocycles. The van der Waals surface area contributed by atoms with Crippen molar-refractivity contribution >= 4 is 11.6 Å². The summed E-state index contributed by atoms with van der Waals surface area (Å²) in [6.07, 6.45) is 3.21. The van der Waals surface area contributed by atoms with Gasteiger partial charge in [0.2, 0.25) is 5.91 Å². The molecule has 2 rings (SSSR count). The van der Waals surface area contributed by atoms with Crippen molar-refractivity contribution in [2.45, 2.75) is 26.3 Å². The summed E-state index contributed by atoms with van der Waals surface area (Å²) in [6.45, 7) is 3.40. The monoisotopic (exact) mass is 315 g/mol. The number of rotatable bonds is 7. The van der Waals surface area contributed by atoms with Gasteiger partial charge in [-0.3, -0.25) is 9.78 Å². The van der Waals surface area contributed by atoms with Crippen LogP contribution in [0.3, 0.4) is 0 Å². The van der Waals surface area contributed by atoms with E-state index < -0.39 is 0 Å². The number of anilines is 1. The number of carbonyl (C=O) groups excluding carboxylic acids is 1. The van der Waals surface area contributed by atoms with Crippen LogP contribution in [-0.4, -0.2) is 29.4 Å². The molecule has 122 valence electrons. The zero-order valence-electron chi connectivity index (χ0n) is 13.6. The van der Waals surface area contributed by atoms with Gasteiger partial charge in [0, 0.05) is 31.4 Å². The maximum atomic E-state index is 13.1. The van der Waals surface area contributed by atoms with E-state index in [0.717, 1.165) is 12.1 Å². The summed E-state index contributed by atoms with van der Waals surface area (Å²) in [4.78, 5) is 18.3. The Balaban J connectivity index is 1.76. The third kappa shape index (κ3) is 5.79. The van der Waals surface area contributed by atoms with Gasteiger partial charge in [-0.2, -0.15) is 0 Å². The van der Waals surface area contributed by atoms with Crippen molar-refractivity contribution in [2.24, 2.45) is 0 Å². The molecule has 0 unspecified atom stereocenters. The second-order valence-corrected chi connectivity index (χ2v) is 5.56. The van der Waals surface area contributed by atoms with Gasteiger partial charge >= 0.3 is 0 Å². The Labute approximate surface area is 136 Å². The molecule has 0 radical (unpaired) electrons. The predicted octanol–water partition coefficient (Wildman–Crippen LogP) is 3.24. The fraction of sp³-hybridized carbons (Fsp3) is 0.333. The van der Waals surface area contributed by atoms with E-state index in [1.807, 2.05) is 24.2 Å². The minimum Gasteiger partial charge on any atom is -0.326 e. The highest BCUT2D eigenvalue weighted by atomic mass is 19.1. The van der Waals surface area contributed by atoms with Crippen LogP contribution in [-0.2, 0) is 17.8 Å². The lowest BCUT2D eigenvalue weighted by Gasteiger charge is -2.16. The Morgan fingerprint density at radius 3 is 2.78 bits per heavy atom. The normalized spacial score (nSPS) is 10.8. The van der Waals surface area contributed by atoms with Crippen LogP contribution in [0.15, 0.2) is 42.6 Å². The lowest BCUT2D eigenvalue weighted by atomic mass is 10.2. The average molecular weight is 315 g/mol. The standard InChI is InChI=1S/C18H22FN3O/c1-3-14-7-8-17(20-12-14)13-22(2)10-9-18(23)21-16-6-4-5-15(19)11-16/h4-8,11-12H,3,9-10,13H2,1-2H3,(H,21,23). The van der Waals surface area contributed by atoms with E-state index in [2.05, 4.69) is 23.3 Å². The van der Waals surface area contributed by atoms with Crippen molar-refractivity contribution in [1.29, 1.82) is 0 Å². The number of aromatic nitrogens is 1. The fourth-order valence-corrected chi connectivity index (χ4v) is 2.20. The van der Waals surface area contributed by atoms with Crippen LogP contribution in [0, 0.1) is 5.82 Å². The number of pyridine rings is 1. The van der Waals surface area contributed by atoms with Crippen LogP contribution < -0.4 is 5.32 Å². The molecule has 0 aliphatic heterocycles. The van der Waals surface area contributed by atoms with Crippen molar-refractivity contribution in [2.75, 3.05) is 18.9 Å². The Morgan fingerprint density at radius 1 is 1.30 bits per heavy atom. The molecule has 1 amide bonds. The second kappa shape index (κ2) is 8.39. The quantitative estimate of drug-likeness (QED) is 0.853. The van der Waals surface area contributed by atoms with Gasteiger partial charge in [0.1, 0.15) is 5.82 Å². The lowest BCUT2D eigenvalue weighted by Crippen LogP contribution is -2.24. The van der Waals surface area contributed by atoms with Gasteiger partial charge in [-0.25, -0.2) is 4.39 Å². The molecule has 5 heteroatoms. The largest absolute Gasteiger partial charge is 0.326 e. The molecule has 0 fully saturated rings. The molecule has 2 aromatic rings. The molecule has 23 heavy (non-hydrogen) atoms. The number of hydrogen-bond donors (Lipinski definition) is 1. The first-order chi connectivity index (χ1) is 11.1. The van der Waals surface area contributed by atoms with Crippen LogP contribution in [0.5, 0.6) is 0 Å². The first-order valence-electron chi connectivity index (χ1n) is 7.74. The number of nitrogens with zero attached hydrogens (tertiary/aromatic N) is 2. The first-order valence-corrected chi connectivity index (χ1v) is 7.74. The molecular weight excluding hydrogens is 293 g/mol. The van der Waals surface area contributed by atoms with E-state index in [1.54, 1.807) is 12.1 Å². The summed E-state index contributed by atoms with van der Waals surface area (Å²) < 4.78 is 13.1. The van der Waals surface area contributed by atoms with Gasteiger partial charge in [-0.05, 0) is 43.3 Å². The zero-order valence-corrected chi connectivity index (χ0v) is 13.6. The maximum absolute atomic E-state index is 13.1. The molecule has 0 spiro atoms. The van der Waals surface area contributed by atoms with Gasteiger partial charge in [0.05, 0.1) is 5.69 Å². The molecular formula is C18H22FN3O. The van der Waals surface area contributed by atoms with Gasteiger partial charge in [-0.15, -0.1) is 0 Å². The Kier molecular flexibility index (Phi) is 6.23. The lowest BCUT2D eigenvalue weighted by molar-refractivity contribution is -0.116. The third-order valence-corrected chi connectivity index (χ3v) is 3.56. The summed E-state index contributed by atoms with van der Waals surface area (Å²) in [5, 5.41) is 2.70. The molecule has 1 aromatic heterocycles. The number of benzene rings is 1. The van der Waals surface area contributed by atoms with Crippen LogP contribution >= 0.6 is 0 Å². The summed E-state index contributed by atoms with van der Waals surface area (Å²) in [7, 11) is 1.95. The van der Waals surface area contributed by atoms with Crippen LogP contribution in [0.2, 0.25) is 0 Å². The number of halogens is 1. The summed E-state index contributed by atoms with van der Waals surface area (Å²) in [5.74, 6) is -0.488. The molecule has 4 nitrogen and oxygen atoms in total. The zero-order chi connectivity index (χ0) is 16.7. The summed E-state index contributed by atoms with van der Waals surface area (Å²) in [5.41, 5.74) is 2.68. The Hall–Kier alpha value is -2.27. The van der Waals surface area contributed by atoms with E-state index >= 15 is 0 Å². The Bertz CT molecular complexity index is 643. The number of carbonyl (C=O) groups is 1. The highest BCUT2D eigenvalue weighted by molar-refractivity contribution is 5.90. The highest BCUT2D eigenvalue weighted by Gasteiger charge is 2.07. The minimum absolute atomic E-state index is 0.128. The van der Waals surface area contributed by atoms with Gasteiger partial charge in [0.15, 0.2) is 0 Å². The van der Waals surface area contributed by atoms with Crippen molar-refractivity contribution < 1.29 is 9.18 Å². The number of nitrogens with one attached hydrogen (secondary N) is 1. The summed E-state index contributed by atoms with van der Waals surface area (Å²) >= 11 is 0. The molecule has 1 N–H and O–H groups in total. The first kappa shape index (κ1) is 17.1. The van der Waals surface area contributed by atoms with E-state index in [9.17, 15) is 9.18 Å². The summed E-state index contributed by atoms with van der Waals surface area (Å²) in [6, 6.07) is 9.99. The molecule has 0 aliphatic rings. The molecule has 1 aromatic carbocycles. The van der Waals surface area contributed by atoms with Gasteiger partial charge in [-0.1, -0.05) is 19.1 Å². The fourth-order valence-electron chi connectivity index (χ4n) is 2.20. The van der Waals surface area contributed by atoms with Gasteiger partial charge < -0.3 is 10.2 Å². The van der Waals surface area contributed by atoms with Gasteiger partial charge in [0.25, 0.3) is 0 Å². The number of amides is 1. The minimum atomic E-state index is -0.360. The molecule has 0 saturated carbocycles. The third-order valence-electron chi connectivity index (χ3n) is 3.56. The van der Waals surface area contributed by atoms with Crippen molar-refractivity contribution in [3.8, 4) is 0 Å². The van der Waals surface area contributed by atoms with E-state index in [0.29, 0.717) is 25.2 Å². The van der Waals surface area contributed by atoms with E-state index in [4.69, 9.17) is 0 Å². The van der Waals surface area contributed by atoms with Crippen LogP contribution in [0.4, 0.5) is 10.1 Å². The SMILES string of the molecule is CCc1ccc(CN(C)CCC(=O)Nc2cccc(F)c2)nc1. The average Bonchev–Trinajstić information content (AvgIpc) is 2.54. The molecule has 0 atom stereocenters. The maximum Gasteiger partial charge on any atom is 0.225 e.